The molecule has 7 nitrogen and oxygen atoms in total. The van der Waals surface area contributed by atoms with Crippen LogP contribution < -0.4 is 10.3 Å². The maximum Gasteiger partial charge on any atom is 0.271 e. The molecular formula is C21H23N3O4S. The van der Waals surface area contributed by atoms with Crippen LogP contribution in [0.3, 0.4) is 0 Å². The van der Waals surface area contributed by atoms with Crippen molar-refractivity contribution in [2.45, 2.75) is 32.6 Å². The van der Waals surface area contributed by atoms with E-state index in [0.717, 1.165) is 16.2 Å². The molecule has 1 fully saturated rings. The van der Waals surface area contributed by atoms with Crippen LogP contribution in [0.5, 0.6) is 5.75 Å². The Kier molecular flexibility index (Phi) is 5.38. The summed E-state index contributed by atoms with van der Waals surface area (Å²) in [4.78, 5) is 32.8. The van der Waals surface area contributed by atoms with E-state index in [4.69, 9.17) is 9.47 Å². The van der Waals surface area contributed by atoms with Crippen LogP contribution in [0.1, 0.15) is 13.8 Å². The molecule has 3 heterocycles. The van der Waals surface area contributed by atoms with E-state index in [-0.39, 0.29) is 30.2 Å². The van der Waals surface area contributed by atoms with Crippen molar-refractivity contribution < 1.29 is 14.3 Å². The topological polar surface area (TPSA) is 73.7 Å². The van der Waals surface area contributed by atoms with E-state index >= 15 is 0 Å². The van der Waals surface area contributed by atoms with Gasteiger partial charge in [-0.1, -0.05) is 0 Å². The summed E-state index contributed by atoms with van der Waals surface area (Å²) in [7, 11) is 1.63. The smallest absolute Gasteiger partial charge is 0.271 e. The molecule has 29 heavy (non-hydrogen) atoms. The monoisotopic (exact) mass is 413 g/mol. The zero-order valence-electron chi connectivity index (χ0n) is 16.6. The molecule has 1 aliphatic heterocycles. The highest BCUT2D eigenvalue weighted by Gasteiger charge is 2.26. The first-order valence-electron chi connectivity index (χ1n) is 9.51. The Hall–Kier alpha value is -2.71. The maximum absolute atomic E-state index is 12.9. The summed E-state index contributed by atoms with van der Waals surface area (Å²) in [5, 5.41) is 0. The van der Waals surface area contributed by atoms with Crippen LogP contribution in [0.2, 0.25) is 0 Å². The van der Waals surface area contributed by atoms with E-state index in [1.54, 1.807) is 12.0 Å². The molecule has 0 unspecified atom stereocenters. The molecule has 3 aromatic rings. The first-order chi connectivity index (χ1) is 13.9. The second-order valence-electron chi connectivity index (χ2n) is 7.29. The third-order valence-electron chi connectivity index (χ3n) is 4.96. The summed E-state index contributed by atoms with van der Waals surface area (Å²) in [5.74, 6) is 0.683. The number of amides is 1. The minimum atomic E-state index is -0.192. The van der Waals surface area contributed by atoms with Gasteiger partial charge in [0.1, 0.15) is 17.0 Å². The number of methoxy groups -OCH3 is 1. The van der Waals surface area contributed by atoms with E-state index in [1.165, 1.54) is 22.2 Å². The number of fused-ring (bicyclic) bond motifs is 1. The molecule has 1 saturated heterocycles. The molecule has 2 atom stereocenters. The number of aromatic nitrogens is 2. The highest BCUT2D eigenvalue weighted by Crippen LogP contribution is 2.31. The fourth-order valence-corrected chi connectivity index (χ4v) is 4.65. The second kappa shape index (κ2) is 7.96. The van der Waals surface area contributed by atoms with Crippen molar-refractivity contribution >= 4 is 27.5 Å². The first-order valence-corrected chi connectivity index (χ1v) is 10.3. The molecule has 0 aliphatic carbocycles. The number of thiophene rings is 1. The van der Waals surface area contributed by atoms with Gasteiger partial charge in [0.15, 0.2) is 0 Å². The minimum Gasteiger partial charge on any atom is -0.497 e. The number of hydrogen-bond acceptors (Lipinski definition) is 6. The normalized spacial score (nSPS) is 19.5. The third kappa shape index (κ3) is 4.04. The van der Waals surface area contributed by atoms with E-state index < -0.39 is 0 Å². The van der Waals surface area contributed by atoms with Crippen molar-refractivity contribution in [1.82, 2.24) is 14.5 Å². The van der Waals surface area contributed by atoms with Gasteiger partial charge in [-0.25, -0.2) is 4.98 Å². The Labute approximate surface area is 172 Å². The summed E-state index contributed by atoms with van der Waals surface area (Å²) < 4.78 is 12.8. The fourth-order valence-electron chi connectivity index (χ4n) is 3.58. The van der Waals surface area contributed by atoms with Crippen LogP contribution in [0.25, 0.3) is 20.7 Å². The molecule has 0 bridgehead atoms. The average Bonchev–Trinajstić information content (AvgIpc) is 3.14. The number of benzene rings is 1. The first kappa shape index (κ1) is 19.6. The maximum atomic E-state index is 12.9. The van der Waals surface area contributed by atoms with Crippen molar-refractivity contribution in [2.24, 2.45) is 0 Å². The number of hydrogen-bond donors (Lipinski definition) is 0. The number of nitrogens with zero attached hydrogens (tertiary/aromatic N) is 3. The molecule has 1 aliphatic rings. The van der Waals surface area contributed by atoms with Crippen LogP contribution in [-0.4, -0.2) is 52.8 Å². The van der Waals surface area contributed by atoms with Crippen LogP contribution in [0, 0.1) is 0 Å². The van der Waals surface area contributed by atoms with Crippen LogP contribution >= 0.6 is 11.3 Å². The summed E-state index contributed by atoms with van der Waals surface area (Å²) in [5.41, 5.74) is 1.44. The number of morpholine rings is 1. The number of carbonyl (C=O) groups is 1. The van der Waals surface area contributed by atoms with Gasteiger partial charge < -0.3 is 14.4 Å². The molecule has 1 amide bonds. The van der Waals surface area contributed by atoms with Gasteiger partial charge in [-0.3, -0.25) is 14.2 Å². The Morgan fingerprint density at radius 1 is 1.24 bits per heavy atom. The quantitative estimate of drug-likeness (QED) is 0.658. The number of rotatable bonds is 4. The summed E-state index contributed by atoms with van der Waals surface area (Å²) >= 11 is 1.39. The van der Waals surface area contributed by atoms with Gasteiger partial charge in [-0.15, -0.1) is 11.3 Å². The summed E-state index contributed by atoms with van der Waals surface area (Å²) in [6.45, 7) is 4.95. The van der Waals surface area contributed by atoms with E-state index in [2.05, 4.69) is 4.98 Å². The van der Waals surface area contributed by atoms with Gasteiger partial charge >= 0.3 is 0 Å². The molecule has 4 rings (SSSR count). The molecule has 0 saturated carbocycles. The third-order valence-corrected chi connectivity index (χ3v) is 6.12. The molecule has 1 aromatic carbocycles. The summed E-state index contributed by atoms with van der Waals surface area (Å²) in [6, 6.07) is 9.57. The lowest BCUT2D eigenvalue weighted by molar-refractivity contribution is -0.143. The van der Waals surface area contributed by atoms with Crippen molar-refractivity contribution in [2.75, 3.05) is 20.2 Å². The highest BCUT2D eigenvalue weighted by molar-refractivity contribution is 7.22. The SMILES string of the molecule is COc1ccc(-c2cc3ncn(CC(=O)N4C[C@@H](C)O[C@@H](C)C4)c(=O)c3s2)cc1. The lowest BCUT2D eigenvalue weighted by Crippen LogP contribution is -2.49. The molecule has 152 valence electrons. The van der Waals surface area contributed by atoms with Crippen LogP contribution in [0.4, 0.5) is 0 Å². The van der Waals surface area contributed by atoms with Crippen LogP contribution in [0.15, 0.2) is 41.5 Å². The standard InChI is InChI=1S/C21H23N3O4S/c1-13-9-23(10-14(2)28-13)19(25)11-24-12-22-17-8-18(29-20(17)21(24)26)15-4-6-16(27-3)7-5-15/h4-8,12-14H,9-11H2,1-3H3/t13-,14+. The molecule has 0 spiro atoms. The average molecular weight is 413 g/mol. The Morgan fingerprint density at radius 3 is 2.59 bits per heavy atom. The molecule has 2 aromatic heterocycles. The largest absolute Gasteiger partial charge is 0.497 e. The van der Waals surface area contributed by atoms with Crippen molar-refractivity contribution in [3.05, 3.63) is 47.0 Å². The Bertz CT molecular complexity index is 1080. The van der Waals surface area contributed by atoms with Crippen LogP contribution in [-0.2, 0) is 16.1 Å². The van der Waals surface area contributed by atoms with Gasteiger partial charge in [-0.05, 0) is 49.7 Å². The van der Waals surface area contributed by atoms with Crippen molar-refractivity contribution in [3.63, 3.8) is 0 Å². The van der Waals surface area contributed by atoms with Crippen molar-refractivity contribution in [1.29, 1.82) is 0 Å². The summed E-state index contributed by atoms with van der Waals surface area (Å²) in [6.07, 6.45) is 1.44. The molecular weight excluding hydrogens is 390 g/mol. The lowest BCUT2D eigenvalue weighted by Gasteiger charge is -2.35. The predicted molar refractivity (Wildman–Crippen MR) is 112 cm³/mol. The van der Waals surface area contributed by atoms with Gasteiger partial charge in [0.2, 0.25) is 5.91 Å². The minimum absolute atomic E-state index is 0.00984. The van der Waals surface area contributed by atoms with E-state index in [9.17, 15) is 9.59 Å². The van der Waals surface area contributed by atoms with Gasteiger partial charge in [0, 0.05) is 18.0 Å². The Balaban J connectivity index is 1.59. The lowest BCUT2D eigenvalue weighted by atomic mass is 10.2. The highest BCUT2D eigenvalue weighted by atomic mass is 32.1. The van der Waals surface area contributed by atoms with E-state index in [1.807, 2.05) is 44.2 Å². The van der Waals surface area contributed by atoms with Crippen molar-refractivity contribution in [3.8, 4) is 16.2 Å². The van der Waals surface area contributed by atoms with E-state index in [0.29, 0.717) is 23.3 Å². The predicted octanol–water partition coefficient (Wildman–Crippen LogP) is 2.77. The zero-order chi connectivity index (χ0) is 20.5. The molecule has 0 N–H and O–H groups in total. The number of carbonyl (C=O) groups excluding carboxylic acids is 1. The van der Waals surface area contributed by atoms with Gasteiger partial charge in [0.05, 0.1) is 31.2 Å². The number of ether oxygens (including phenoxy) is 2. The molecule has 8 heteroatoms. The van der Waals surface area contributed by atoms with Gasteiger partial charge in [-0.2, -0.15) is 0 Å². The fraction of sp³-hybridized carbons (Fsp3) is 0.381. The van der Waals surface area contributed by atoms with Gasteiger partial charge in [0.25, 0.3) is 5.56 Å². The zero-order valence-corrected chi connectivity index (χ0v) is 17.4. The molecule has 0 radical (unpaired) electrons. The Morgan fingerprint density at radius 2 is 1.93 bits per heavy atom. The second-order valence-corrected chi connectivity index (χ2v) is 8.34.